The molecule has 0 fully saturated rings. The molecule has 5 rings (SSSR count). The maximum Gasteiger partial charge on any atom is 0.295 e. The van der Waals surface area contributed by atoms with Crippen LogP contribution < -0.4 is 15.4 Å². The van der Waals surface area contributed by atoms with E-state index in [1.165, 1.54) is 7.11 Å². The highest BCUT2D eigenvalue weighted by Gasteiger charge is 2.20. The number of aromatic amines is 1. The lowest BCUT2D eigenvalue weighted by molar-refractivity contribution is 0.142. The number of fused-ring (bicyclic) bond motifs is 1. The van der Waals surface area contributed by atoms with E-state index in [2.05, 4.69) is 40.6 Å². The van der Waals surface area contributed by atoms with Crippen LogP contribution >= 0.6 is 0 Å². The van der Waals surface area contributed by atoms with Crippen LogP contribution in [0.4, 0.5) is 31.8 Å². The van der Waals surface area contributed by atoms with Crippen LogP contribution in [-0.4, -0.2) is 45.1 Å². The van der Waals surface area contributed by atoms with E-state index in [-0.39, 0.29) is 22.7 Å². The molecule has 180 valence electrons. The number of ether oxygens (including phenoxy) is 1. The first-order valence-corrected chi connectivity index (χ1v) is 10.8. The molecule has 1 aliphatic heterocycles. The van der Waals surface area contributed by atoms with E-state index in [0.717, 1.165) is 5.71 Å². The fourth-order valence-electron chi connectivity index (χ4n) is 3.73. The Morgan fingerprint density at radius 1 is 1.06 bits per heavy atom. The number of alkyl halides is 2. The number of nitriles is 1. The van der Waals surface area contributed by atoms with Gasteiger partial charge in [0.1, 0.15) is 28.9 Å². The molecular formula is C24H19F2N9O. The first-order valence-electron chi connectivity index (χ1n) is 10.8. The molecule has 0 bridgehead atoms. The number of amidine groups is 1. The van der Waals surface area contributed by atoms with Crippen molar-refractivity contribution in [3.63, 3.8) is 0 Å². The second-order valence-electron chi connectivity index (χ2n) is 7.82. The molecule has 0 spiro atoms. The lowest BCUT2D eigenvalue weighted by Crippen LogP contribution is -2.04. The van der Waals surface area contributed by atoms with Crippen molar-refractivity contribution in [3.05, 3.63) is 59.5 Å². The number of para-hydroxylation sites is 1. The summed E-state index contributed by atoms with van der Waals surface area (Å²) in [7, 11) is 1.53. The van der Waals surface area contributed by atoms with Crippen molar-refractivity contribution in [2.45, 2.75) is 13.3 Å². The number of methoxy groups -OCH3 is 1. The van der Waals surface area contributed by atoms with Crippen LogP contribution in [-0.2, 0) is 0 Å². The molecule has 0 saturated heterocycles. The zero-order valence-electron chi connectivity index (χ0n) is 19.2. The molecule has 1 aliphatic rings. The standard InChI is InChI=1S/C24H19F2N9O/c1-12-11-28-22(29-12)14-6-4-7-15(20(14)36-2)31-16-9-18(32-17-8-3-5-13(10-27)30-17)33-23-19(16)34-24(35-23)21(25)26/h3-9,21H,11H2,1-2H3,(H3,30,31,32,33,34,35). The van der Waals surface area contributed by atoms with Gasteiger partial charge >= 0.3 is 0 Å². The summed E-state index contributed by atoms with van der Waals surface area (Å²) in [5.41, 5.74) is 3.14. The number of nitrogens with zero attached hydrogens (tertiary/aromatic N) is 6. The average molecular weight is 487 g/mol. The van der Waals surface area contributed by atoms with E-state index < -0.39 is 12.2 Å². The maximum atomic E-state index is 13.4. The number of aromatic nitrogens is 4. The number of nitrogens with one attached hydrogen (secondary N) is 3. The number of anilines is 4. The minimum absolute atomic E-state index is 0.0738. The predicted octanol–water partition coefficient (Wildman–Crippen LogP) is 4.88. The van der Waals surface area contributed by atoms with Crippen LogP contribution in [0, 0.1) is 11.3 Å². The Hall–Kier alpha value is -4.92. The zero-order chi connectivity index (χ0) is 25.2. The molecule has 3 aromatic heterocycles. The highest BCUT2D eigenvalue weighted by molar-refractivity contribution is 6.13. The van der Waals surface area contributed by atoms with E-state index in [1.807, 2.05) is 25.1 Å². The first kappa shape index (κ1) is 22.9. The Morgan fingerprint density at radius 3 is 2.61 bits per heavy atom. The predicted molar refractivity (Wildman–Crippen MR) is 132 cm³/mol. The van der Waals surface area contributed by atoms with Crippen LogP contribution in [0.15, 0.2) is 52.4 Å². The highest BCUT2D eigenvalue weighted by Crippen LogP contribution is 2.36. The molecule has 1 aromatic carbocycles. The smallest absolute Gasteiger partial charge is 0.295 e. The Kier molecular flexibility index (Phi) is 5.95. The average Bonchev–Trinajstić information content (AvgIpc) is 3.50. The molecule has 12 heteroatoms. The van der Waals surface area contributed by atoms with Gasteiger partial charge in [-0.25, -0.2) is 28.7 Å². The van der Waals surface area contributed by atoms with Gasteiger partial charge in [0.05, 0.1) is 30.6 Å². The summed E-state index contributed by atoms with van der Waals surface area (Å²) in [6, 6.07) is 13.9. The molecule has 4 heterocycles. The molecule has 0 unspecified atom stereocenters. The quantitative estimate of drug-likeness (QED) is 0.338. The van der Waals surface area contributed by atoms with E-state index in [9.17, 15) is 8.78 Å². The summed E-state index contributed by atoms with van der Waals surface area (Å²) in [4.78, 5) is 24.0. The molecule has 0 amide bonds. The molecule has 3 N–H and O–H groups in total. The van der Waals surface area contributed by atoms with Crippen molar-refractivity contribution in [1.29, 1.82) is 5.26 Å². The number of hydrogen-bond donors (Lipinski definition) is 3. The monoisotopic (exact) mass is 487 g/mol. The van der Waals surface area contributed by atoms with Crippen molar-refractivity contribution in [2.75, 3.05) is 24.3 Å². The Bertz CT molecular complexity index is 1570. The van der Waals surface area contributed by atoms with Crippen LogP contribution in [0.2, 0.25) is 0 Å². The van der Waals surface area contributed by atoms with Crippen LogP contribution in [0.1, 0.15) is 30.4 Å². The van der Waals surface area contributed by atoms with Gasteiger partial charge in [-0.1, -0.05) is 12.1 Å². The fraction of sp³-hybridized carbons (Fsp3) is 0.167. The van der Waals surface area contributed by atoms with Gasteiger partial charge in [0, 0.05) is 11.8 Å². The second kappa shape index (κ2) is 9.38. The molecule has 4 aromatic rings. The lowest BCUT2D eigenvalue weighted by atomic mass is 10.1. The molecule has 0 aliphatic carbocycles. The van der Waals surface area contributed by atoms with E-state index in [4.69, 9.17) is 10.00 Å². The molecule has 10 nitrogen and oxygen atoms in total. The number of benzene rings is 1. The summed E-state index contributed by atoms with van der Waals surface area (Å²) < 4.78 is 32.5. The summed E-state index contributed by atoms with van der Waals surface area (Å²) in [5, 5.41) is 15.4. The number of hydrogen-bond acceptors (Lipinski definition) is 9. The molecule has 0 saturated carbocycles. The topological polar surface area (TPSA) is 136 Å². The number of halogens is 2. The maximum absolute atomic E-state index is 13.4. The number of aliphatic imine (C=N–C) groups is 2. The van der Waals surface area contributed by atoms with Gasteiger partial charge in [0.25, 0.3) is 6.43 Å². The number of pyridine rings is 2. The molecule has 36 heavy (non-hydrogen) atoms. The van der Waals surface area contributed by atoms with Gasteiger partial charge in [-0.3, -0.25) is 4.99 Å². The van der Waals surface area contributed by atoms with Gasteiger partial charge < -0.3 is 20.4 Å². The zero-order valence-corrected chi connectivity index (χ0v) is 19.2. The van der Waals surface area contributed by atoms with Gasteiger partial charge in [0.15, 0.2) is 23.1 Å². The van der Waals surface area contributed by atoms with Crippen LogP contribution in [0.3, 0.4) is 0 Å². The largest absolute Gasteiger partial charge is 0.494 e. The minimum atomic E-state index is -2.81. The van der Waals surface area contributed by atoms with Crippen molar-refractivity contribution in [2.24, 2.45) is 9.98 Å². The lowest BCUT2D eigenvalue weighted by Gasteiger charge is -2.15. The number of H-pyrrole nitrogens is 1. The van der Waals surface area contributed by atoms with Gasteiger partial charge in [-0.15, -0.1) is 0 Å². The van der Waals surface area contributed by atoms with Gasteiger partial charge in [0.2, 0.25) is 0 Å². The normalized spacial score (nSPS) is 12.9. The molecular weight excluding hydrogens is 468 g/mol. The number of rotatable bonds is 7. The van der Waals surface area contributed by atoms with Crippen LogP contribution in [0.25, 0.3) is 11.2 Å². The van der Waals surface area contributed by atoms with Crippen LogP contribution in [0.5, 0.6) is 5.75 Å². The minimum Gasteiger partial charge on any atom is -0.494 e. The summed E-state index contributed by atoms with van der Waals surface area (Å²) in [5.74, 6) is 1.19. The summed E-state index contributed by atoms with van der Waals surface area (Å²) in [6.45, 7) is 2.41. The van der Waals surface area contributed by atoms with Gasteiger partial charge in [-0.2, -0.15) is 5.26 Å². The third-order valence-corrected chi connectivity index (χ3v) is 5.29. The Labute approximate surface area is 203 Å². The summed E-state index contributed by atoms with van der Waals surface area (Å²) >= 11 is 0. The fourth-order valence-corrected chi connectivity index (χ4v) is 3.73. The second-order valence-corrected chi connectivity index (χ2v) is 7.82. The molecule has 0 radical (unpaired) electrons. The van der Waals surface area contributed by atoms with Crippen molar-refractivity contribution in [1.82, 2.24) is 19.9 Å². The van der Waals surface area contributed by atoms with E-state index in [0.29, 0.717) is 40.9 Å². The van der Waals surface area contributed by atoms with E-state index >= 15 is 0 Å². The van der Waals surface area contributed by atoms with Crippen molar-refractivity contribution in [3.8, 4) is 11.8 Å². The summed E-state index contributed by atoms with van der Waals surface area (Å²) in [6.07, 6.45) is -2.81. The van der Waals surface area contributed by atoms with Crippen molar-refractivity contribution >= 4 is 45.7 Å². The third-order valence-electron chi connectivity index (χ3n) is 5.29. The highest BCUT2D eigenvalue weighted by atomic mass is 19.3. The molecule has 0 atom stereocenters. The van der Waals surface area contributed by atoms with Gasteiger partial charge in [-0.05, 0) is 31.2 Å². The Balaban J connectivity index is 1.59. The first-order chi connectivity index (χ1) is 17.4. The van der Waals surface area contributed by atoms with Crippen molar-refractivity contribution < 1.29 is 13.5 Å². The third kappa shape index (κ3) is 4.41. The van der Waals surface area contributed by atoms with E-state index in [1.54, 1.807) is 30.3 Å². The SMILES string of the molecule is COc1c(Nc2cc(Nc3cccc(C#N)n3)nc3nc(C(F)F)[nH]c23)cccc1C1=NCC(C)=N1. The number of imidazole rings is 1. The Morgan fingerprint density at radius 2 is 1.89 bits per heavy atom.